The van der Waals surface area contributed by atoms with Crippen LogP contribution in [0.5, 0.6) is 0 Å². The van der Waals surface area contributed by atoms with Crippen molar-refractivity contribution in [2.75, 3.05) is 7.05 Å². The zero-order chi connectivity index (χ0) is 9.14. The molecular formula is C9H17N3. The molecule has 1 N–H and O–H groups in total. The van der Waals surface area contributed by atoms with Crippen LogP contribution in [0, 0.1) is 6.92 Å². The zero-order valence-corrected chi connectivity index (χ0v) is 8.31. The highest BCUT2D eigenvalue weighted by Gasteiger charge is 2.08. The summed E-state index contributed by atoms with van der Waals surface area (Å²) in [4.78, 5) is 0. The minimum Gasteiger partial charge on any atom is -0.314 e. The molecule has 0 aliphatic heterocycles. The van der Waals surface area contributed by atoms with Crippen LogP contribution in [0.15, 0.2) is 0 Å². The van der Waals surface area contributed by atoms with Crippen LogP contribution in [0.2, 0.25) is 0 Å². The molecule has 3 nitrogen and oxygen atoms in total. The van der Waals surface area contributed by atoms with Gasteiger partial charge in [-0.1, -0.05) is 6.92 Å². The Labute approximate surface area is 73.8 Å². The van der Waals surface area contributed by atoms with Gasteiger partial charge < -0.3 is 5.32 Å². The van der Waals surface area contributed by atoms with Gasteiger partial charge in [0.15, 0.2) is 0 Å². The van der Waals surface area contributed by atoms with Gasteiger partial charge in [0.2, 0.25) is 0 Å². The normalized spacial score (nSPS) is 10.7. The number of nitrogens with zero attached hydrogens (tertiary/aromatic N) is 2. The van der Waals surface area contributed by atoms with E-state index in [2.05, 4.69) is 24.3 Å². The summed E-state index contributed by atoms with van der Waals surface area (Å²) in [5.41, 5.74) is 3.83. The lowest BCUT2D eigenvalue weighted by Crippen LogP contribution is -2.10. The van der Waals surface area contributed by atoms with Crippen LogP contribution in [-0.4, -0.2) is 16.8 Å². The number of hydrogen-bond acceptors (Lipinski definition) is 2. The molecule has 0 aromatic carbocycles. The number of aryl methyl sites for hydroxylation is 2. The molecule has 0 bridgehead atoms. The number of rotatable bonds is 3. The predicted octanol–water partition coefficient (Wildman–Crippen LogP) is 1.01. The van der Waals surface area contributed by atoms with Crippen molar-refractivity contribution >= 4 is 0 Å². The van der Waals surface area contributed by atoms with Crippen molar-refractivity contribution in [2.24, 2.45) is 7.05 Å². The highest BCUT2D eigenvalue weighted by atomic mass is 15.3. The Morgan fingerprint density at radius 1 is 1.50 bits per heavy atom. The van der Waals surface area contributed by atoms with Crippen molar-refractivity contribution in [1.29, 1.82) is 0 Å². The van der Waals surface area contributed by atoms with Crippen molar-refractivity contribution in [1.82, 2.24) is 15.1 Å². The van der Waals surface area contributed by atoms with Crippen LogP contribution in [0.3, 0.4) is 0 Å². The van der Waals surface area contributed by atoms with E-state index in [1.165, 1.54) is 17.0 Å². The molecule has 0 unspecified atom stereocenters. The first-order valence-electron chi connectivity index (χ1n) is 4.36. The van der Waals surface area contributed by atoms with Crippen LogP contribution in [0.4, 0.5) is 0 Å². The summed E-state index contributed by atoms with van der Waals surface area (Å²) in [6.07, 6.45) is 1.02. The molecule has 0 saturated carbocycles. The van der Waals surface area contributed by atoms with Gasteiger partial charge in [-0.15, -0.1) is 0 Å². The fourth-order valence-corrected chi connectivity index (χ4v) is 1.48. The highest BCUT2D eigenvalue weighted by molar-refractivity contribution is 5.24. The molecule has 0 amide bonds. The summed E-state index contributed by atoms with van der Waals surface area (Å²) in [6, 6.07) is 0. The van der Waals surface area contributed by atoms with E-state index in [-0.39, 0.29) is 0 Å². The van der Waals surface area contributed by atoms with Gasteiger partial charge in [0.05, 0.1) is 11.4 Å². The van der Waals surface area contributed by atoms with Crippen LogP contribution < -0.4 is 5.32 Å². The van der Waals surface area contributed by atoms with E-state index in [0.717, 1.165) is 13.0 Å². The molecule has 0 radical (unpaired) electrons. The molecule has 0 fully saturated rings. The van der Waals surface area contributed by atoms with Crippen molar-refractivity contribution in [3.05, 3.63) is 17.0 Å². The molecule has 1 rings (SSSR count). The molecule has 12 heavy (non-hydrogen) atoms. The van der Waals surface area contributed by atoms with E-state index in [4.69, 9.17) is 0 Å². The monoisotopic (exact) mass is 167 g/mol. The topological polar surface area (TPSA) is 29.9 Å². The minimum atomic E-state index is 0.898. The molecule has 68 valence electrons. The molecule has 1 aromatic rings. The number of aromatic nitrogens is 2. The van der Waals surface area contributed by atoms with Gasteiger partial charge in [-0.3, -0.25) is 4.68 Å². The standard InChI is InChI=1S/C9H17N3/c1-5-8-7(2)9(6-10-3)12(4)11-8/h10H,5-6H2,1-4H3. The number of hydrogen-bond donors (Lipinski definition) is 1. The Morgan fingerprint density at radius 3 is 2.58 bits per heavy atom. The van der Waals surface area contributed by atoms with E-state index in [9.17, 15) is 0 Å². The Hall–Kier alpha value is -0.830. The van der Waals surface area contributed by atoms with E-state index in [1.54, 1.807) is 0 Å². The van der Waals surface area contributed by atoms with E-state index in [1.807, 2.05) is 18.8 Å². The lowest BCUT2D eigenvalue weighted by atomic mass is 10.2. The van der Waals surface area contributed by atoms with Gasteiger partial charge in [0.25, 0.3) is 0 Å². The van der Waals surface area contributed by atoms with Crippen molar-refractivity contribution in [2.45, 2.75) is 26.8 Å². The van der Waals surface area contributed by atoms with Gasteiger partial charge in [-0.05, 0) is 26.0 Å². The first-order chi connectivity index (χ1) is 5.70. The largest absolute Gasteiger partial charge is 0.314 e. The average molecular weight is 167 g/mol. The lowest BCUT2D eigenvalue weighted by molar-refractivity contribution is 0.664. The maximum Gasteiger partial charge on any atom is 0.0654 e. The minimum absolute atomic E-state index is 0.898. The van der Waals surface area contributed by atoms with E-state index >= 15 is 0 Å². The third kappa shape index (κ3) is 1.50. The lowest BCUT2D eigenvalue weighted by Gasteiger charge is -2.01. The summed E-state index contributed by atoms with van der Waals surface area (Å²) in [6.45, 7) is 5.17. The molecule has 0 aliphatic carbocycles. The fourth-order valence-electron chi connectivity index (χ4n) is 1.48. The molecule has 0 atom stereocenters. The zero-order valence-electron chi connectivity index (χ0n) is 8.31. The van der Waals surface area contributed by atoms with Gasteiger partial charge in [0.1, 0.15) is 0 Å². The summed E-state index contributed by atoms with van der Waals surface area (Å²) >= 11 is 0. The molecule has 0 aliphatic rings. The maximum atomic E-state index is 4.42. The highest BCUT2D eigenvalue weighted by Crippen LogP contribution is 2.12. The summed E-state index contributed by atoms with van der Waals surface area (Å²) in [5, 5.41) is 7.57. The Bertz CT molecular complexity index is 263. The molecular weight excluding hydrogens is 150 g/mol. The van der Waals surface area contributed by atoms with Crippen LogP contribution in [0.1, 0.15) is 23.9 Å². The third-order valence-electron chi connectivity index (χ3n) is 2.21. The SMILES string of the molecule is CCc1nn(C)c(CNC)c1C. The Balaban J connectivity index is 3.01. The van der Waals surface area contributed by atoms with Crippen molar-refractivity contribution in [3.63, 3.8) is 0 Å². The first kappa shape index (κ1) is 9.26. The van der Waals surface area contributed by atoms with Crippen molar-refractivity contribution in [3.8, 4) is 0 Å². The summed E-state index contributed by atoms with van der Waals surface area (Å²) < 4.78 is 1.96. The second kappa shape index (κ2) is 3.72. The Kier molecular flexibility index (Phi) is 2.87. The Morgan fingerprint density at radius 2 is 2.17 bits per heavy atom. The van der Waals surface area contributed by atoms with Crippen LogP contribution in [0.25, 0.3) is 0 Å². The number of nitrogens with one attached hydrogen (secondary N) is 1. The van der Waals surface area contributed by atoms with Crippen LogP contribution >= 0.6 is 0 Å². The quantitative estimate of drug-likeness (QED) is 0.728. The second-order valence-corrected chi connectivity index (χ2v) is 3.03. The smallest absolute Gasteiger partial charge is 0.0654 e. The maximum absolute atomic E-state index is 4.42. The van der Waals surface area contributed by atoms with E-state index < -0.39 is 0 Å². The molecule has 0 saturated heterocycles. The first-order valence-corrected chi connectivity index (χ1v) is 4.36. The van der Waals surface area contributed by atoms with Gasteiger partial charge in [-0.25, -0.2) is 0 Å². The van der Waals surface area contributed by atoms with Crippen molar-refractivity contribution < 1.29 is 0 Å². The summed E-state index contributed by atoms with van der Waals surface area (Å²) in [7, 11) is 3.96. The van der Waals surface area contributed by atoms with Gasteiger partial charge in [0, 0.05) is 13.6 Å². The third-order valence-corrected chi connectivity index (χ3v) is 2.21. The molecule has 0 spiro atoms. The molecule has 1 aromatic heterocycles. The van der Waals surface area contributed by atoms with Gasteiger partial charge in [-0.2, -0.15) is 5.10 Å². The summed E-state index contributed by atoms with van der Waals surface area (Å²) in [5.74, 6) is 0. The van der Waals surface area contributed by atoms with Crippen LogP contribution in [-0.2, 0) is 20.0 Å². The molecule has 1 heterocycles. The molecule has 3 heteroatoms. The van der Waals surface area contributed by atoms with Gasteiger partial charge >= 0.3 is 0 Å². The predicted molar refractivity (Wildman–Crippen MR) is 50.1 cm³/mol. The van der Waals surface area contributed by atoms with E-state index in [0.29, 0.717) is 0 Å². The second-order valence-electron chi connectivity index (χ2n) is 3.03. The average Bonchev–Trinajstić information content (AvgIpc) is 2.32. The fraction of sp³-hybridized carbons (Fsp3) is 0.667.